The molecule has 1 aliphatic heterocycles. The summed E-state index contributed by atoms with van der Waals surface area (Å²) in [5.41, 5.74) is 0. The molecule has 0 bridgehead atoms. The molecule has 1 saturated heterocycles. The van der Waals surface area contributed by atoms with Gasteiger partial charge in [-0.1, -0.05) is 11.6 Å². The first kappa shape index (κ1) is 16.2. The van der Waals surface area contributed by atoms with Gasteiger partial charge in [0.15, 0.2) is 0 Å². The Hall–Kier alpha value is 0.150. The lowest BCUT2D eigenvalue weighted by Crippen LogP contribution is -2.26. The highest BCUT2D eigenvalue weighted by Gasteiger charge is 2.18. The third-order valence-corrected chi connectivity index (χ3v) is 6.00. The van der Waals surface area contributed by atoms with Gasteiger partial charge in [0, 0.05) is 6.54 Å². The second-order valence-corrected chi connectivity index (χ2v) is 7.81. The van der Waals surface area contributed by atoms with Crippen LogP contribution in [-0.4, -0.2) is 28.1 Å². The van der Waals surface area contributed by atoms with Crippen LogP contribution in [0.25, 0.3) is 0 Å². The first-order valence-corrected chi connectivity index (χ1v) is 8.21. The van der Waals surface area contributed by atoms with Crippen LogP contribution < -0.4 is 10.0 Å². The van der Waals surface area contributed by atoms with Gasteiger partial charge in [0.2, 0.25) is 10.0 Å². The number of hydrogen-bond donors (Lipinski definition) is 2. The summed E-state index contributed by atoms with van der Waals surface area (Å²) >= 11 is 6.80. The topological polar surface area (TPSA) is 58.2 Å². The Morgan fingerprint density at radius 2 is 2.28 bits per heavy atom. The van der Waals surface area contributed by atoms with Gasteiger partial charge in [-0.15, -0.1) is 23.7 Å². The zero-order valence-corrected chi connectivity index (χ0v) is 12.9. The fourth-order valence-electron chi connectivity index (χ4n) is 1.87. The quantitative estimate of drug-likeness (QED) is 0.869. The van der Waals surface area contributed by atoms with E-state index in [2.05, 4.69) is 10.0 Å². The van der Waals surface area contributed by atoms with Crippen LogP contribution in [0.5, 0.6) is 0 Å². The number of thiophene rings is 1. The van der Waals surface area contributed by atoms with Crippen LogP contribution >= 0.6 is 35.3 Å². The third-order valence-electron chi connectivity index (χ3n) is 2.82. The molecular weight excluding hydrogens is 315 g/mol. The van der Waals surface area contributed by atoms with Crippen molar-refractivity contribution in [3.63, 3.8) is 0 Å². The molecule has 2 heterocycles. The molecule has 2 N–H and O–H groups in total. The number of halogens is 2. The van der Waals surface area contributed by atoms with E-state index in [0.717, 1.165) is 37.3 Å². The molecule has 0 aromatic carbocycles. The van der Waals surface area contributed by atoms with Gasteiger partial charge in [-0.3, -0.25) is 0 Å². The Morgan fingerprint density at radius 1 is 1.50 bits per heavy atom. The maximum absolute atomic E-state index is 11.8. The van der Waals surface area contributed by atoms with Crippen molar-refractivity contribution in [1.29, 1.82) is 0 Å². The van der Waals surface area contributed by atoms with Gasteiger partial charge >= 0.3 is 0 Å². The smallest absolute Gasteiger partial charge is 0.250 e. The van der Waals surface area contributed by atoms with E-state index >= 15 is 0 Å². The summed E-state index contributed by atoms with van der Waals surface area (Å²) in [6.45, 7) is 2.52. The minimum Gasteiger partial charge on any atom is -0.316 e. The zero-order chi connectivity index (χ0) is 12.3. The van der Waals surface area contributed by atoms with Crippen molar-refractivity contribution >= 4 is 45.4 Å². The van der Waals surface area contributed by atoms with Crippen LogP contribution in [0.4, 0.5) is 0 Å². The van der Waals surface area contributed by atoms with Crippen molar-refractivity contribution in [3.8, 4) is 0 Å². The van der Waals surface area contributed by atoms with Crippen molar-refractivity contribution in [2.75, 3.05) is 19.6 Å². The molecule has 18 heavy (non-hydrogen) atoms. The molecule has 1 aliphatic rings. The maximum Gasteiger partial charge on any atom is 0.250 e. The van der Waals surface area contributed by atoms with E-state index in [1.54, 1.807) is 6.07 Å². The lowest BCUT2D eigenvalue weighted by Gasteiger charge is -2.08. The summed E-state index contributed by atoms with van der Waals surface area (Å²) in [5.74, 6) is 0.588. The van der Waals surface area contributed by atoms with Gasteiger partial charge < -0.3 is 5.32 Å². The summed E-state index contributed by atoms with van der Waals surface area (Å²) < 4.78 is 27.1. The Labute approximate surface area is 123 Å². The van der Waals surface area contributed by atoms with Crippen LogP contribution in [0.3, 0.4) is 0 Å². The number of rotatable bonds is 5. The van der Waals surface area contributed by atoms with Gasteiger partial charge in [-0.2, -0.15) is 0 Å². The van der Waals surface area contributed by atoms with Gasteiger partial charge in [0.25, 0.3) is 0 Å². The molecule has 0 aliphatic carbocycles. The summed E-state index contributed by atoms with van der Waals surface area (Å²) in [4.78, 5) is 0. The van der Waals surface area contributed by atoms with E-state index in [1.807, 2.05) is 0 Å². The Bertz CT molecular complexity index is 470. The Kier molecular flexibility index (Phi) is 6.37. The second kappa shape index (κ2) is 7.07. The van der Waals surface area contributed by atoms with Crippen molar-refractivity contribution in [3.05, 3.63) is 16.5 Å². The van der Waals surface area contributed by atoms with Crippen molar-refractivity contribution in [1.82, 2.24) is 10.0 Å². The monoisotopic (exact) mass is 330 g/mol. The minimum absolute atomic E-state index is 0. The average Bonchev–Trinajstić information content (AvgIpc) is 2.89. The van der Waals surface area contributed by atoms with E-state index in [9.17, 15) is 8.42 Å². The largest absolute Gasteiger partial charge is 0.316 e. The molecule has 1 fully saturated rings. The first-order valence-electron chi connectivity index (χ1n) is 5.53. The van der Waals surface area contributed by atoms with Crippen molar-refractivity contribution in [2.24, 2.45) is 5.92 Å². The number of nitrogens with one attached hydrogen (secondary N) is 2. The minimum atomic E-state index is -3.37. The standard InChI is InChI=1S/C10H15ClN2O2S2.ClH/c11-9-1-2-10(16-9)17(14,15)13-6-4-8-3-5-12-7-8;/h1-2,8,12-13H,3-7H2;1H. The van der Waals surface area contributed by atoms with Crippen LogP contribution in [0.1, 0.15) is 12.8 Å². The lowest BCUT2D eigenvalue weighted by molar-refractivity contribution is 0.520. The molecule has 8 heteroatoms. The zero-order valence-electron chi connectivity index (χ0n) is 9.69. The average molecular weight is 331 g/mol. The van der Waals surface area contributed by atoms with E-state index in [4.69, 9.17) is 11.6 Å². The van der Waals surface area contributed by atoms with Crippen molar-refractivity contribution in [2.45, 2.75) is 17.1 Å². The molecule has 4 nitrogen and oxygen atoms in total. The summed E-state index contributed by atoms with van der Waals surface area (Å²) in [7, 11) is -3.37. The van der Waals surface area contributed by atoms with Crippen molar-refractivity contribution < 1.29 is 8.42 Å². The van der Waals surface area contributed by atoms with Gasteiger partial charge in [-0.25, -0.2) is 13.1 Å². The van der Waals surface area contributed by atoms with Gasteiger partial charge in [0.05, 0.1) is 4.34 Å². The molecule has 1 atom stereocenters. The molecular formula is C10H16Cl2N2O2S2. The van der Waals surface area contributed by atoms with E-state index in [-0.39, 0.29) is 16.6 Å². The molecule has 1 unspecified atom stereocenters. The van der Waals surface area contributed by atoms with E-state index in [1.165, 1.54) is 6.07 Å². The van der Waals surface area contributed by atoms with Gasteiger partial charge in [-0.05, 0) is 44.0 Å². The Morgan fingerprint density at radius 3 is 2.83 bits per heavy atom. The molecule has 0 amide bonds. The lowest BCUT2D eigenvalue weighted by atomic mass is 10.1. The van der Waals surface area contributed by atoms with Gasteiger partial charge in [0.1, 0.15) is 4.21 Å². The molecule has 0 radical (unpaired) electrons. The molecule has 2 rings (SSSR count). The first-order chi connectivity index (χ1) is 8.08. The van der Waals surface area contributed by atoms with Crippen LogP contribution in [0, 0.1) is 5.92 Å². The van der Waals surface area contributed by atoms with Crippen LogP contribution in [0.15, 0.2) is 16.3 Å². The highest BCUT2D eigenvalue weighted by atomic mass is 35.5. The highest BCUT2D eigenvalue weighted by molar-refractivity contribution is 7.91. The summed E-state index contributed by atoms with van der Waals surface area (Å²) in [5, 5.41) is 3.26. The van der Waals surface area contributed by atoms with Crippen LogP contribution in [-0.2, 0) is 10.0 Å². The predicted octanol–water partition coefficient (Wildman–Crippen LogP) is 2.10. The molecule has 1 aromatic rings. The molecule has 1 aromatic heterocycles. The fraction of sp³-hybridized carbons (Fsp3) is 0.600. The number of sulfonamides is 1. The molecule has 104 valence electrons. The Balaban J connectivity index is 0.00000162. The fourth-order valence-corrected chi connectivity index (χ4v) is 4.45. The second-order valence-electron chi connectivity index (χ2n) is 4.10. The molecule has 0 saturated carbocycles. The SMILES string of the molecule is Cl.O=S(=O)(NCCC1CCNC1)c1ccc(Cl)s1. The van der Waals surface area contributed by atoms with E-state index < -0.39 is 10.0 Å². The van der Waals surface area contributed by atoms with Crippen LogP contribution in [0.2, 0.25) is 4.34 Å². The van der Waals surface area contributed by atoms with E-state index in [0.29, 0.717) is 16.8 Å². The predicted molar refractivity (Wildman–Crippen MR) is 77.4 cm³/mol. The maximum atomic E-state index is 11.8. The summed E-state index contributed by atoms with van der Waals surface area (Å²) in [6.07, 6.45) is 2.01. The normalized spacial score (nSPS) is 19.7. The summed E-state index contributed by atoms with van der Waals surface area (Å²) in [6, 6.07) is 3.13. The molecule has 0 spiro atoms. The third kappa shape index (κ3) is 4.36. The number of hydrogen-bond acceptors (Lipinski definition) is 4. The highest BCUT2D eigenvalue weighted by Crippen LogP contribution is 2.25.